The van der Waals surface area contributed by atoms with Crippen molar-refractivity contribution < 1.29 is 14.0 Å². The highest BCUT2D eigenvalue weighted by atomic mass is 19.1. The Kier molecular flexibility index (Phi) is 4.14. The van der Waals surface area contributed by atoms with E-state index in [9.17, 15) is 14.0 Å². The van der Waals surface area contributed by atoms with Gasteiger partial charge in [-0.05, 0) is 31.0 Å². The van der Waals surface area contributed by atoms with Crippen molar-refractivity contribution in [2.45, 2.75) is 12.8 Å². The molecule has 5 heteroatoms. The zero-order valence-corrected chi connectivity index (χ0v) is 10.9. The van der Waals surface area contributed by atoms with Gasteiger partial charge in [0.05, 0.1) is 11.6 Å². The van der Waals surface area contributed by atoms with Gasteiger partial charge in [0.1, 0.15) is 12.1 Å². The molecule has 102 valence electrons. The first-order chi connectivity index (χ1) is 9.15. The van der Waals surface area contributed by atoms with E-state index in [0.717, 1.165) is 19.4 Å². The van der Waals surface area contributed by atoms with Gasteiger partial charge in [0.2, 0.25) is 5.91 Å². The van der Waals surface area contributed by atoms with Gasteiger partial charge >= 0.3 is 0 Å². The topological polar surface area (TPSA) is 49.4 Å². The maximum absolute atomic E-state index is 13.9. The summed E-state index contributed by atoms with van der Waals surface area (Å²) in [6.07, 6.45) is 2.30. The minimum Gasteiger partial charge on any atom is -0.368 e. The number of amides is 1. The second-order valence-corrected chi connectivity index (χ2v) is 4.73. The highest BCUT2D eigenvalue weighted by Crippen LogP contribution is 2.26. The maximum atomic E-state index is 13.9. The number of rotatable bonds is 3. The summed E-state index contributed by atoms with van der Waals surface area (Å²) in [5.41, 5.74) is 0.778. The number of nitrogens with one attached hydrogen (secondary N) is 1. The molecule has 0 radical (unpaired) electrons. The van der Waals surface area contributed by atoms with Crippen LogP contribution in [0.15, 0.2) is 18.2 Å². The van der Waals surface area contributed by atoms with Crippen molar-refractivity contribution in [2.24, 2.45) is 5.92 Å². The number of hydrogen-bond donors (Lipinski definition) is 1. The molecule has 1 heterocycles. The lowest BCUT2D eigenvalue weighted by Crippen LogP contribution is -2.42. The van der Waals surface area contributed by atoms with E-state index >= 15 is 0 Å². The van der Waals surface area contributed by atoms with E-state index in [4.69, 9.17) is 0 Å². The summed E-state index contributed by atoms with van der Waals surface area (Å²) in [4.78, 5) is 24.1. The van der Waals surface area contributed by atoms with Crippen LogP contribution in [0.1, 0.15) is 23.2 Å². The number of aldehydes is 1. The SMILES string of the molecule is CNC(=O)C1CCCN(c2ccc(C=O)cc2F)C1. The molecule has 2 rings (SSSR count). The molecule has 0 saturated carbocycles. The van der Waals surface area contributed by atoms with Crippen molar-refractivity contribution >= 4 is 17.9 Å². The molecule has 1 atom stereocenters. The van der Waals surface area contributed by atoms with Gasteiger partial charge in [0.15, 0.2) is 0 Å². The average molecular weight is 264 g/mol. The highest BCUT2D eigenvalue weighted by Gasteiger charge is 2.26. The number of carbonyl (C=O) groups is 2. The number of halogens is 1. The van der Waals surface area contributed by atoms with Crippen LogP contribution < -0.4 is 10.2 Å². The first kappa shape index (κ1) is 13.5. The van der Waals surface area contributed by atoms with Crippen molar-refractivity contribution in [3.63, 3.8) is 0 Å². The molecule has 1 aromatic rings. The Morgan fingerprint density at radius 3 is 2.95 bits per heavy atom. The third kappa shape index (κ3) is 2.92. The van der Waals surface area contributed by atoms with Gasteiger partial charge in [-0.15, -0.1) is 0 Å². The zero-order valence-electron chi connectivity index (χ0n) is 10.9. The first-order valence-electron chi connectivity index (χ1n) is 6.37. The lowest BCUT2D eigenvalue weighted by atomic mass is 9.96. The van der Waals surface area contributed by atoms with Crippen LogP contribution in [-0.2, 0) is 4.79 Å². The number of anilines is 1. The summed E-state index contributed by atoms with van der Waals surface area (Å²) >= 11 is 0. The van der Waals surface area contributed by atoms with Gasteiger partial charge in [-0.3, -0.25) is 9.59 Å². The van der Waals surface area contributed by atoms with Crippen LogP contribution in [0.3, 0.4) is 0 Å². The largest absolute Gasteiger partial charge is 0.368 e. The summed E-state index contributed by atoms with van der Waals surface area (Å²) in [5, 5.41) is 2.63. The Labute approximate surface area is 111 Å². The van der Waals surface area contributed by atoms with Crippen LogP contribution in [0.25, 0.3) is 0 Å². The molecule has 0 aliphatic carbocycles. The third-order valence-corrected chi connectivity index (χ3v) is 3.49. The maximum Gasteiger partial charge on any atom is 0.224 e. The highest BCUT2D eigenvalue weighted by molar-refractivity contribution is 5.79. The van der Waals surface area contributed by atoms with Crippen LogP contribution in [0.5, 0.6) is 0 Å². The molecule has 1 unspecified atom stereocenters. The van der Waals surface area contributed by atoms with Crippen molar-refractivity contribution in [1.82, 2.24) is 5.32 Å². The molecule has 1 aliphatic heterocycles. The van der Waals surface area contributed by atoms with E-state index in [1.54, 1.807) is 19.2 Å². The minimum atomic E-state index is -0.415. The van der Waals surface area contributed by atoms with E-state index in [-0.39, 0.29) is 11.8 Å². The van der Waals surface area contributed by atoms with Gasteiger partial charge in [0, 0.05) is 25.7 Å². The molecular weight excluding hydrogens is 247 g/mol. The fourth-order valence-corrected chi connectivity index (χ4v) is 2.47. The Balaban J connectivity index is 2.17. The predicted molar refractivity (Wildman–Crippen MR) is 70.8 cm³/mol. The molecule has 1 amide bonds. The third-order valence-electron chi connectivity index (χ3n) is 3.49. The Hall–Kier alpha value is -1.91. The van der Waals surface area contributed by atoms with E-state index in [2.05, 4.69) is 5.32 Å². The van der Waals surface area contributed by atoms with E-state index in [0.29, 0.717) is 24.1 Å². The van der Waals surface area contributed by atoms with Crippen LogP contribution >= 0.6 is 0 Å². The fraction of sp³-hybridized carbons (Fsp3) is 0.429. The number of piperidine rings is 1. The van der Waals surface area contributed by atoms with Gasteiger partial charge in [0.25, 0.3) is 0 Å². The van der Waals surface area contributed by atoms with E-state index in [1.165, 1.54) is 6.07 Å². The zero-order chi connectivity index (χ0) is 13.8. The van der Waals surface area contributed by atoms with E-state index < -0.39 is 5.82 Å². The summed E-state index contributed by atoms with van der Waals surface area (Å²) in [7, 11) is 1.61. The fourth-order valence-electron chi connectivity index (χ4n) is 2.47. The van der Waals surface area contributed by atoms with Crippen LogP contribution in [0, 0.1) is 11.7 Å². The van der Waals surface area contributed by atoms with Gasteiger partial charge in [-0.1, -0.05) is 0 Å². The number of carbonyl (C=O) groups excluding carboxylic acids is 2. The standard InChI is InChI=1S/C14H17FN2O2/c1-16-14(19)11-3-2-6-17(8-11)13-5-4-10(9-18)7-12(13)15/h4-5,7,9,11H,2-3,6,8H2,1H3,(H,16,19). The Morgan fingerprint density at radius 2 is 2.32 bits per heavy atom. The van der Waals surface area contributed by atoms with Crippen molar-refractivity contribution in [3.05, 3.63) is 29.6 Å². The normalized spacial score (nSPS) is 19.1. The molecule has 1 aliphatic rings. The average Bonchev–Trinajstić information content (AvgIpc) is 2.46. The van der Waals surface area contributed by atoms with Crippen LogP contribution in [0.2, 0.25) is 0 Å². The smallest absolute Gasteiger partial charge is 0.224 e. The second kappa shape index (κ2) is 5.82. The molecule has 1 saturated heterocycles. The second-order valence-electron chi connectivity index (χ2n) is 4.73. The molecule has 1 aromatic carbocycles. The number of nitrogens with zero attached hydrogens (tertiary/aromatic N) is 1. The molecule has 0 aromatic heterocycles. The minimum absolute atomic E-state index is 0.00498. The molecular formula is C14H17FN2O2. The lowest BCUT2D eigenvalue weighted by molar-refractivity contribution is -0.124. The summed E-state index contributed by atoms with van der Waals surface area (Å²) in [6.45, 7) is 1.24. The monoisotopic (exact) mass is 264 g/mol. The number of benzene rings is 1. The molecule has 0 bridgehead atoms. The Morgan fingerprint density at radius 1 is 1.53 bits per heavy atom. The summed E-state index contributed by atoms with van der Waals surface area (Å²) in [6, 6.07) is 4.42. The molecule has 19 heavy (non-hydrogen) atoms. The van der Waals surface area contributed by atoms with E-state index in [1.807, 2.05) is 4.90 Å². The molecule has 0 spiro atoms. The predicted octanol–water partition coefficient (Wildman–Crippen LogP) is 1.60. The van der Waals surface area contributed by atoms with Crippen LogP contribution in [-0.4, -0.2) is 32.3 Å². The first-order valence-corrected chi connectivity index (χ1v) is 6.37. The van der Waals surface area contributed by atoms with Crippen LogP contribution in [0.4, 0.5) is 10.1 Å². The lowest BCUT2D eigenvalue weighted by Gasteiger charge is -2.33. The van der Waals surface area contributed by atoms with Crippen molar-refractivity contribution in [2.75, 3.05) is 25.0 Å². The quantitative estimate of drug-likeness (QED) is 0.844. The Bertz CT molecular complexity index is 490. The molecule has 1 N–H and O–H groups in total. The van der Waals surface area contributed by atoms with Gasteiger partial charge in [-0.2, -0.15) is 0 Å². The number of hydrogen-bond acceptors (Lipinski definition) is 3. The summed E-state index contributed by atoms with van der Waals surface area (Å²) in [5.74, 6) is -0.527. The van der Waals surface area contributed by atoms with Gasteiger partial charge < -0.3 is 10.2 Å². The van der Waals surface area contributed by atoms with Crippen molar-refractivity contribution in [1.29, 1.82) is 0 Å². The van der Waals surface area contributed by atoms with Crippen molar-refractivity contribution in [3.8, 4) is 0 Å². The summed E-state index contributed by atoms with van der Waals surface area (Å²) < 4.78 is 13.9. The molecule has 1 fully saturated rings. The van der Waals surface area contributed by atoms with Gasteiger partial charge in [-0.25, -0.2) is 4.39 Å². The molecule has 4 nitrogen and oxygen atoms in total.